The highest BCUT2D eigenvalue weighted by Gasteiger charge is 2.28. The molecule has 0 aliphatic carbocycles. The molecule has 0 fully saturated rings. The Hall–Kier alpha value is -3.81. The average molecular weight is 507 g/mol. The number of nitrogens with zero attached hydrogens (tertiary/aromatic N) is 4. The summed E-state index contributed by atoms with van der Waals surface area (Å²) in [5.41, 5.74) is 4.00. The van der Waals surface area contributed by atoms with Gasteiger partial charge in [0.2, 0.25) is 5.88 Å². The number of ether oxygens (including phenoxy) is 1. The van der Waals surface area contributed by atoms with Crippen molar-refractivity contribution in [1.82, 2.24) is 19.4 Å². The van der Waals surface area contributed by atoms with Crippen molar-refractivity contribution in [3.8, 4) is 5.88 Å². The SMILES string of the molecule is CC(C)COc1ccc2c(n1)c(C(=O)N(C)Cc1ccc(F)c(F)c1)c(C(C)C)n2Cc1ccccn1. The molecule has 0 radical (unpaired) electrons. The number of benzene rings is 1. The Bertz CT molecular complexity index is 1400. The molecule has 0 unspecified atom stereocenters. The fourth-order valence-electron chi connectivity index (χ4n) is 4.36. The summed E-state index contributed by atoms with van der Waals surface area (Å²) in [4.78, 5) is 24.7. The highest BCUT2D eigenvalue weighted by atomic mass is 19.2. The molecular weight excluding hydrogens is 474 g/mol. The maximum absolute atomic E-state index is 13.9. The Morgan fingerprint density at radius 1 is 1.05 bits per heavy atom. The lowest BCUT2D eigenvalue weighted by Gasteiger charge is -2.20. The van der Waals surface area contributed by atoms with E-state index in [2.05, 4.69) is 23.4 Å². The minimum atomic E-state index is -0.943. The van der Waals surface area contributed by atoms with E-state index in [4.69, 9.17) is 9.72 Å². The summed E-state index contributed by atoms with van der Waals surface area (Å²) in [6.07, 6.45) is 1.74. The maximum Gasteiger partial charge on any atom is 0.257 e. The second-order valence-electron chi connectivity index (χ2n) is 9.95. The number of pyridine rings is 2. The van der Waals surface area contributed by atoms with Gasteiger partial charge in [-0.3, -0.25) is 9.78 Å². The van der Waals surface area contributed by atoms with E-state index in [1.165, 1.54) is 11.0 Å². The van der Waals surface area contributed by atoms with Crippen molar-refractivity contribution in [3.63, 3.8) is 0 Å². The Morgan fingerprint density at radius 3 is 2.49 bits per heavy atom. The van der Waals surface area contributed by atoms with E-state index in [9.17, 15) is 13.6 Å². The molecule has 4 aromatic rings. The van der Waals surface area contributed by atoms with Crippen LogP contribution in [-0.4, -0.2) is 39.0 Å². The van der Waals surface area contributed by atoms with Gasteiger partial charge in [0.05, 0.1) is 29.9 Å². The van der Waals surface area contributed by atoms with Crippen molar-refractivity contribution < 1.29 is 18.3 Å². The van der Waals surface area contributed by atoms with E-state index in [0.29, 0.717) is 41.6 Å². The van der Waals surface area contributed by atoms with E-state index in [0.717, 1.165) is 29.0 Å². The molecule has 0 saturated heterocycles. The lowest BCUT2D eigenvalue weighted by atomic mass is 10.0. The van der Waals surface area contributed by atoms with Gasteiger partial charge in [-0.05, 0) is 47.7 Å². The van der Waals surface area contributed by atoms with Crippen LogP contribution in [0, 0.1) is 17.6 Å². The van der Waals surface area contributed by atoms with Gasteiger partial charge in [-0.15, -0.1) is 0 Å². The molecule has 1 amide bonds. The summed E-state index contributed by atoms with van der Waals surface area (Å²) in [6.45, 7) is 9.27. The van der Waals surface area contributed by atoms with Gasteiger partial charge in [0, 0.05) is 31.5 Å². The topological polar surface area (TPSA) is 60.2 Å². The monoisotopic (exact) mass is 506 g/mol. The smallest absolute Gasteiger partial charge is 0.257 e. The van der Waals surface area contributed by atoms with E-state index in [1.807, 2.05) is 44.2 Å². The number of halogens is 2. The van der Waals surface area contributed by atoms with E-state index in [1.54, 1.807) is 13.2 Å². The zero-order valence-corrected chi connectivity index (χ0v) is 21.8. The standard InChI is InChI=1S/C29H32F2N4O2/c1-18(2)17-37-25-12-11-24-27(33-25)26(28(19(3)4)35(24)16-21-8-6-7-13-32-21)29(36)34(5)15-20-9-10-22(30)23(31)14-20/h6-14,18-19H,15-17H2,1-5H3. The minimum Gasteiger partial charge on any atom is -0.477 e. The number of rotatable bonds is 9. The third kappa shape index (κ3) is 5.79. The first-order valence-corrected chi connectivity index (χ1v) is 12.4. The molecule has 0 aliphatic rings. The third-order valence-corrected chi connectivity index (χ3v) is 6.04. The molecule has 1 aromatic carbocycles. The number of aromatic nitrogens is 3. The van der Waals surface area contributed by atoms with Crippen LogP contribution < -0.4 is 4.74 Å². The molecule has 3 aromatic heterocycles. The second-order valence-corrected chi connectivity index (χ2v) is 9.95. The number of carbonyl (C=O) groups excluding carboxylic acids is 1. The van der Waals surface area contributed by atoms with Crippen LogP contribution >= 0.6 is 0 Å². The van der Waals surface area contributed by atoms with Crippen molar-refractivity contribution in [3.05, 3.63) is 88.9 Å². The molecule has 0 bridgehead atoms. The summed E-state index contributed by atoms with van der Waals surface area (Å²) in [5.74, 6) is -1.36. The van der Waals surface area contributed by atoms with Gasteiger partial charge in [-0.2, -0.15) is 0 Å². The Morgan fingerprint density at radius 2 is 1.84 bits per heavy atom. The van der Waals surface area contributed by atoms with Gasteiger partial charge in [-0.25, -0.2) is 13.8 Å². The Labute approximate surface area is 215 Å². The normalized spacial score (nSPS) is 11.5. The average Bonchev–Trinajstić information content (AvgIpc) is 3.18. The molecule has 37 heavy (non-hydrogen) atoms. The summed E-state index contributed by atoms with van der Waals surface area (Å²) in [7, 11) is 1.65. The van der Waals surface area contributed by atoms with Crippen molar-refractivity contribution >= 4 is 16.9 Å². The van der Waals surface area contributed by atoms with Gasteiger partial charge in [-0.1, -0.05) is 39.8 Å². The highest BCUT2D eigenvalue weighted by Crippen LogP contribution is 2.33. The van der Waals surface area contributed by atoms with Crippen LogP contribution in [0.5, 0.6) is 5.88 Å². The minimum absolute atomic E-state index is 0.00596. The molecule has 3 heterocycles. The van der Waals surface area contributed by atoms with Crippen molar-refractivity contribution in [2.24, 2.45) is 5.92 Å². The van der Waals surface area contributed by atoms with Crippen LogP contribution in [0.3, 0.4) is 0 Å². The van der Waals surface area contributed by atoms with E-state index >= 15 is 0 Å². The predicted octanol–water partition coefficient (Wildman–Crippen LogP) is 6.19. The first kappa shape index (κ1) is 26.3. The molecule has 0 spiro atoms. The van der Waals surface area contributed by atoms with Crippen LogP contribution in [0.1, 0.15) is 60.9 Å². The molecule has 0 N–H and O–H groups in total. The van der Waals surface area contributed by atoms with Gasteiger partial charge in [0.1, 0.15) is 5.52 Å². The van der Waals surface area contributed by atoms with Crippen LogP contribution in [-0.2, 0) is 13.1 Å². The lowest BCUT2D eigenvalue weighted by molar-refractivity contribution is 0.0784. The number of amides is 1. The van der Waals surface area contributed by atoms with Gasteiger partial charge in [0.25, 0.3) is 5.91 Å². The summed E-state index contributed by atoms with van der Waals surface area (Å²) < 4.78 is 35.2. The Kier molecular flexibility index (Phi) is 7.86. The van der Waals surface area contributed by atoms with Gasteiger partial charge < -0.3 is 14.2 Å². The van der Waals surface area contributed by atoms with Gasteiger partial charge >= 0.3 is 0 Å². The number of hydrogen-bond donors (Lipinski definition) is 0. The molecular formula is C29H32F2N4O2. The first-order chi connectivity index (χ1) is 17.7. The molecule has 0 saturated carbocycles. The summed E-state index contributed by atoms with van der Waals surface area (Å²) in [5, 5.41) is 0. The quantitative estimate of drug-likeness (QED) is 0.272. The van der Waals surface area contributed by atoms with E-state index < -0.39 is 11.6 Å². The Balaban J connectivity index is 1.82. The molecule has 6 nitrogen and oxygen atoms in total. The number of hydrogen-bond acceptors (Lipinski definition) is 4. The van der Waals surface area contributed by atoms with Crippen LogP contribution in [0.25, 0.3) is 11.0 Å². The van der Waals surface area contributed by atoms with Crippen LogP contribution in [0.15, 0.2) is 54.7 Å². The van der Waals surface area contributed by atoms with Crippen molar-refractivity contribution in [1.29, 1.82) is 0 Å². The lowest BCUT2D eigenvalue weighted by Crippen LogP contribution is -2.27. The molecule has 0 atom stereocenters. The van der Waals surface area contributed by atoms with Crippen molar-refractivity contribution in [2.45, 2.75) is 46.7 Å². The van der Waals surface area contributed by atoms with E-state index in [-0.39, 0.29) is 18.4 Å². The van der Waals surface area contributed by atoms with Crippen LogP contribution in [0.4, 0.5) is 8.78 Å². The van der Waals surface area contributed by atoms with Crippen LogP contribution in [0.2, 0.25) is 0 Å². The maximum atomic E-state index is 13.9. The molecule has 0 aliphatic heterocycles. The fourth-order valence-corrected chi connectivity index (χ4v) is 4.36. The molecule has 194 valence electrons. The zero-order chi connectivity index (χ0) is 26.7. The molecule has 4 rings (SSSR count). The summed E-state index contributed by atoms with van der Waals surface area (Å²) >= 11 is 0. The second kappa shape index (κ2) is 11.1. The van der Waals surface area contributed by atoms with Gasteiger partial charge in [0.15, 0.2) is 11.6 Å². The largest absolute Gasteiger partial charge is 0.477 e. The zero-order valence-electron chi connectivity index (χ0n) is 21.8. The van der Waals surface area contributed by atoms with Crippen molar-refractivity contribution in [2.75, 3.05) is 13.7 Å². The summed E-state index contributed by atoms with van der Waals surface area (Å²) in [6, 6.07) is 13.2. The first-order valence-electron chi connectivity index (χ1n) is 12.4. The highest BCUT2D eigenvalue weighted by molar-refractivity contribution is 6.07. The third-order valence-electron chi connectivity index (χ3n) is 6.04. The number of carbonyl (C=O) groups is 1. The number of fused-ring (bicyclic) bond motifs is 1. The molecule has 8 heteroatoms. The fraction of sp³-hybridized carbons (Fsp3) is 0.345. The predicted molar refractivity (Wildman–Crippen MR) is 140 cm³/mol.